The first-order valence-corrected chi connectivity index (χ1v) is 5.87. The highest BCUT2D eigenvalue weighted by molar-refractivity contribution is 9.09. The lowest BCUT2D eigenvalue weighted by atomic mass is 9.99. The molecule has 15 heavy (non-hydrogen) atoms. The maximum atomic E-state index is 8.97. The largest absolute Gasteiger partial charge is 0.192 e. The van der Waals surface area contributed by atoms with Crippen LogP contribution in [0, 0.1) is 17.4 Å². The van der Waals surface area contributed by atoms with Gasteiger partial charge in [-0.25, -0.2) is 0 Å². The van der Waals surface area contributed by atoms with Crippen molar-refractivity contribution < 1.29 is 0 Å². The van der Waals surface area contributed by atoms with Crippen molar-refractivity contribution in [3.8, 4) is 6.07 Å². The van der Waals surface area contributed by atoms with Crippen molar-refractivity contribution in [2.45, 2.75) is 6.42 Å². The van der Waals surface area contributed by atoms with Crippen molar-refractivity contribution in [1.82, 2.24) is 0 Å². The van der Waals surface area contributed by atoms with Crippen molar-refractivity contribution in [3.05, 3.63) is 47.5 Å². The smallest absolute Gasteiger partial charge is 0.100 e. The fourth-order valence-corrected chi connectivity index (χ4v) is 2.12. The number of hydrogen-bond acceptors (Lipinski definition) is 1. The van der Waals surface area contributed by atoms with E-state index in [4.69, 9.17) is 5.26 Å². The monoisotopic (exact) mass is 258 g/mol. The van der Waals surface area contributed by atoms with Crippen molar-refractivity contribution >= 4 is 26.7 Å². The Morgan fingerprint density at radius 1 is 1.27 bits per heavy atom. The molecule has 0 aliphatic carbocycles. The number of hydrogen-bond donors (Lipinski definition) is 0. The number of rotatable bonds is 2. The van der Waals surface area contributed by atoms with Gasteiger partial charge in [0.25, 0.3) is 0 Å². The number of nitrogens with zero attached hydrogens (tertiary/aromatic N) is 1. The number of aryl methyl sites for hydroxylation is 1. The van der Waals surface area contributed by atoms with Crippen LogP contribution in [0.5, 0.6) is 0 Å². The van der Waals surface area contributed by atoms with E-state index in [-0.39, 0.29) is 0 Å². The van der Waals surface area contributed by atoms with Crippen molar-refractivity contribution in [2.24, 2.45) is 0 Å². The van der Waals surface area contributed by atoms with Gasteiger partial charge in [0.15, 0.2) is 0 Å². The summed E-state index contributed by atoms with van der Waals surface area (Å²) in [4.78, 5) is 0. The summed E-state index contributed by atoms with van der Waals surface area (Å²) in [6.07, 6.45) is 0.961. The minimum atomic E-state index is 0.629. The standard InChI is InChI=1S/C13H9BrN/c14-8-7-10-5-6-11(9-15)13-4-2-1-3-12(10)13/h1-5H,7-8H2. The maximum Gasteiger partial charge on any atom is 0.100 e. The number of benzene rings is 2. The summed E-state index contributed by atoms with van der Waals surface area (Å²) in [5.74, 6) is 0. The molecule has 1 nitrogen and oxygen atoms in total. The molecule has 0 saturated heterocycles. The molecule has 0 saturated carbocycles. The second-order valence-electron chi connectivity index (χ2n) is 3.29. The summed E-state index contributed by atoms with van der Waals surface area (Å²) in [7, 11) is 0. The highest BCUT2D eigenvalue weighted by Gasteiger charge is 2.04. The molecule has 0 N–H and O–H groups in total. The average molecular weight is 259 g/mol. The molecule has 0 fully saturated rings. The molecule has 0 spiro atoms. The average Bonchev–Trinajstić information content (AvgIpc) is 2.30. The van der Waals surface area contributed by atoms with E-state index in [0.717, 1.165) is 22.5 Å². The van der Waals surface area contributed by atoms with Gasteiger partial charge in [0.2, 0.25) is 0 Å². The summed E-state index contributed by atoms with van der Waals surface area (Å²) >= 11 is 3.43. The van der Waals surface area contributed by atoms with Gasteiger partial charge in [0.1, 0.15) is 6.07 Å². The van der Waals surface area contributed by atoms with Crippen LogP contribution < -0.4 is 0 Å². The van der Waals surface area contributed by atoms with Crippen LogP contribution in [0.4, 0.5) is 0 Å². The Labute approximate surface area is 97.5 Å². The van der Waals surface area contributed by atoms with Crippen LogP contribution in [0.2, 0.25) is 0 Å². The van der Waals surface area contributed by atoms with Gasteiger partial charge in [-0.15, -0.1) is 0 Å². The van der Waals surface area contributed by atoms with Crippen molar-refractivity contribution in [1.29, 1.82) is 5.26 Å². The van der Waals surface area contributed by atoms with Gasteiger partial charge >= 0.3 is 0 Å². The van der Waals surface area contributed by atoms with Crippen LogP contribution >= 0.6 is 15.9 Å². The van der Waals surface area contributed by atoms with Crippen LogP contribution in [0.3, 0.4) is 0 Å². The number of alkyl halides is 1. The SMILES string of the molecule is N#Cc1[c]cc(CCBr)c2ccccc12. The first kappa shape index (κ1) is 10.2. The Morgan fingerprint density at radius 2 is 2.00 bits per heavy atom. The molecule has 0 bridgehead atoms. The summed E-state index contributed by atoms with van der Waals surface area (Å²) in [5.41, 5.74) is 1.87. The van der Waals surface area contributed by atoms with E-state index in [1.165, 1.54) is 5.56 Å². The fourth-order valence-electron chi connectivity index (χ4n) is 1.70. The minimum absolute atomic E-state index is 0.629. The molecular weight excluding hydrogens is 250 g/mol. The Morgan fingerprint density at radius 3 is 2.67 bits per heavy atom. The molecule has 0 unspecified atom stereocenters. The summed E-state index contributed by atoms with van der Waals surface area (Å²) in [5, 5.41) is 12.1. The van der Waals surface area contributed by atoms with Gasteiger partial charge in [-0.3, -0.25) is 0 Å². The number of halogens is 1. The quantitative estimate of drug-likeness (QED) is 0.758. The lowest BCUT2D eigenvalue weighted by Crippen LogP contribution is -1.90. The molecule has 2 rings (SSSR count). The van der Waals surface area contributed by atoms with E-state index < -0.39 is 0 Å². The molecule has 1 radical (unpaired) electrons. The third-order valence-electron chi connectivity index (χ3n) is 2.41. The second-order valence-corrected chi connectivity index (χ2v) is 4.08. The highest BCUT2D eigenvalue weighted by atomic mass is 79.9. The predicted molar refractivity (Wildman–Crippen MR) is 65.0 cm³/mol. The first-order valence-electron chi connectivity index (χ1n) is 4.75. The molecular formula is C13H9BrN. The van der Waals surface area contributed by atoms with Crippen molar-refractivity contribution in [2.75, 3.05) is 5.33 Å². The second kappa shape index (κ2) is 4.46. The Bertz CT molecular complexity index is 526. The van der Waals surface area contributed by atoms with E-state index in [9.17, 15) is 0 Å². The van der Waals surface area contributed by atoms with Gasteiger partial charge in [0, 0.05) is 16.8 Å². The highest BCUT2D eigenvalue weighted by Crippen LogP contribution is 2.22. The topological polar surface area (TPSA) is 23.8 Å². The molecule has 0 aliphatic heterocycles. The molecule has 2 aromatic carbocycles. The van der Waals surface area contributed by atoms with E-state index in [1.807, 2.05) is 24.3 Å². The van der Waals surface area contributed by atoms with Crippen LogP contribution in [0.1, 0.15) is 11.1 Å². The van der Waals surface area contributed by atoms with E-state index in [2.05, 4.69) is 34.1 Å². The van der Waals surface area contributed by atoms with E-state index in [1.54, 1.807) is 0 Å². The van der Waals surface area contributed by atoms with Crippen molar-refractivity contribution in [3.63, 3.8) is 0 Å². The zero-order valence-corrected chi connectivity index (χ0v) is 9.71. The van der Waals surface area contributed by atoms with Gasteiger partial charge in [-0.2, -0.15) is 5.26 Å². The normalized spacial score (nSPS) is 10.1. The molecule has 0 aliphatic rings. The zero-order chi connectivity index (χ0) is 10.7. The molecule has 73 valence electrons. The lowest BCUT2D eigenvalue weighted by molar-refractivity contribution is 1.19. The lowest BCUT2D eigenvalue weighted by Gasteiger charge is -2.05. The van der Waals surface area contributed by atoms with Crippen LogP contribution in [-0.4, -0.2) is 5.33 Å². The molecule has 0 atom stereocenters. The third-order valence-corrected chi connectivity index (χ3v) is 2.81. The van der Waals surface area contributed by atoms with Gasteiger partial charge in [-0.05, 0) is 23.4 Å². The Hall–Kier alpha value is -1.33. The van der Waals surface area contributed by atoms with Gasteiger partial charge < -0.3 is 0 Å². The maximum absolute atomic E-state index is 8.97. The molecule has 0 amide bonds. The van der Waals surface area contributed by atoms with Gasteiger partial charge in [-0.1, -0.05) is 40.2 Å². The van der Waals surface area contributed by atoms with Crippen LogP contribution in [0.15, 0.2) is 30.3 Å². The number of fused-ring (bicyclic) bond motifs is 1. The van der Waals surface area contributed by atoms with E-state index >= 15 is 0 Å². The molecule has 2 heteroatoms. The summed E-state index contributed by atoms with van der Waals surface area (Å²) < 4.78 is 0. The molecule has 2 aromatic rings. The zero-order valence-electron chi connectivity index (χ0n) is 8.13. The van der Waals surface area contributed by atoms with Crippen LogP contribution in [-0.2, 0) is 6.42 Å². The number of nitriles is 1. The molecule has 0 aromatic heterocycles. The summed E-state index contributed by atoms with van der Waals surface area (Å²) in [6.45, 7) is 0. The first-order chi connectivity index (χ1) is 7.36. The predicted octanol–water partition coefficient (Wildman–Crippen LogP) is 3.45. The van der Waals surface area contributed by atoms with Crippen LogP contribution in [0.25, 0.3) is 10.8 Å². The van der Waals surface area contributed by atoms with E-state index in [0.29, 0.717) is 5.56 Å². The summed E-state index contributed by atoms with van der Waals surface area (Å²) in [6, 6.07) is 15.1. The minimum Gasteiger partial charge on any atom is -0.192 e. The Balaban J connectivity index is 2.73. The third kappa shape index (κ3) is 1.88. The fraction of sp³-hybridized carbons (Fsp3) is 0.154. The molecule has 0 heterocycles. The Kier molecular flexibility index (Phi) is 3.03. The van der Waals surface area contributed by atoms with Gasteiger partial charge in [0.05, 0.1) is 5.56 Å².